The van der Waals surface area contributed by atoms with E-state index >= 15 is 0 Å². The summed E-state index contributed by atoms with van der Waals surface area (Å²) >= 11 is 0. The van der Waals surface area contributed by atoms with E-state index < -0.39 is 0 Å². The number of nitrogens with zero attached hydrogens (tertiary/aromatic N) is 1. The second-order valence-corrected chi connectivity index (χ2v) is 5.41. The predicted molar refractivity (Wildman–Crippen MR) is 73.6 cm³/mol. The number of aryl methyl sites for hydroxylation is 2. The molecule has 2 unspecified atom stereocenters. The van der Waals surface area contributed by atoms with Crippen molar-refractivity contribution in [1.82, 2.24) is 4.90 Å². The van der Waals surface area contributed by atoms with Crippen molar-refractivity contribution in [3.63, 3.8) is 0 Å². The topological polar surface area (TPSA) is 46.3 Å². The van der Waals surface area contributed by atoms with Crippen LogP contribution in [0.2, 0.25) is 0 Å². The summed E-state index contributed by atoms with van der Waals surface area (Å²) in [7, 11) is 0. The summed E-state index contributed by atoms with van der Waals surface area (Å²) < 4.78 is 0. The van der Waals surface area contributed by atoms with Crippen molar-refractivity contribution < 1.29 is 4.79 Å². The molecule has 1 heterocycles. The fourth-order valence-electron chi connectivity index (χ4n) is 2.89. The van der Waals surface area contributed by atoms with Crippen LogP contribution in [0.3, 0.4) is 0 Å². The van der Waals surface area contributed by atoms with Gasteiger partial charge in [0.1, 0.15) is 0 Å². The Bertz CT molecular complexity index is 436. The summed E-state index contributed by atoms with van der Waals surface area (Å²) in [6.07, 6.45) is 1.02. The van der Waals surface area contributed by atoms with Crippen LogP contribution >= 0.6 is 0 Å². The van der Waals surface area contributed by atoms with Gasteiger partial charge >= 0.3 is 0 Å². The average molecular weight is 246 g/mol. The van der Waals surface area contributed by atoms with E-state index in [1.54, 1.807) is 0 Å². The molecule has 1 aliphatic rings. The average Bonchev–Trinajstić information content (AvgIpc) is 2.70. The number of nitrogens with two attached hydrogens (primary N) is 1. The minimum Gasteiger partial charge on any atom is -0.336 e. The van der Waals surface area contributed by atoms with E-state index in [2.05, 4.69) is 6.92 Å². The third kappa shape index (κ3) is 2.27. The van der Waals surface area contributed by atoms with Crippen molar-refractivity contribution in [1.29, 1.82) is 0 Å². The van der Waals surface area contributed by atoms with Crippen molar-refractivity contribution >= 4 is 5.91 Å². The van der Waals surface area contributed by atoms with Crippen LogP contribution in [0.1, 0.15) is 34.8 Å². The molecule has 2 N–H and O–H groups in total. The van der Waals surface area contributed by atoms with E-state index in [1.165, 1.54) is 0 Å². The molecule has 0 aliphatic carbocycles. The fraction of sp³-hybridized carbons (Fsp3) is 0.533. The van der Waals surface area contributed by atoms with Gasteiger partial charge in [0.05, 0.1) is 0 Å². The lowest BCUT2D eigenvalue weighted by Gasteiger charge is -2.23. The lowest BCUT2D eigenvalue weighted by atomic mass is 10.0. The highest BCUT2D eigenvalue weighted by molar-refractivity contribution is 5.97. The second-order valence-electron chi connectivity index (χ2n) is 5.41. The van der Waals surface area contributed by atoms with Gasteiger partial charge in [0.25, 0.3) is 5.91 Å². The first-order chi connectivity index (χ1) is 8.54. The molecular weight excluding hydrogens is 224 g/mol. The zero-order valence-corrected chi connectivity index (χ0v) is 11.4. The smallest absolute Gasteiger partial charge is 0.254 e. The summed E-state index contributed by atoms with van der Waals surface area (Å²) in [6.45, 7) is 7.58. The Kier molecular flexibility index (Phi) is 3.71. The van der Waals surface area contributed by atoms with Crippen molar-refractivity contribution in [2.75, 3.05) is 13.1 Å². The Morgan fingerprint density at radius 2 is 2.00 bits per heavy atom. The molecule has 0 aromatic heterocycles. The van der Waals surface area contributed by atoms with E-state index in [0.29, 0.717) is 18.5 Å². The lowest BCUT2D eigenvalue weighted by Crippen LogP contribution is -2.35. The number of hydrogen-bond acceptors (Lipinski definition) is 2. The number of carbonyl (C=O) groups is 1. The molecule has 1 aliphatic heterocycles. The number of carbonyl (C=O) groups excluding carboxylic acids is 1. The molecule has 18 heavy (non-hydrogen) atoms. The summed E-state index contributed by atoms with van der Waals surface area (Å²) in [6, 6.07) is 6.30. The van der Waals surface area contributed by atoms with Crippen LogP contribution in [-0.4, -0.2) is 29.9 Å². The number of likely N-dealkylation sites (tertiary alicyclic amines) is 1. The van der Waals surface area contributed by atoms with Gasteiger partial charge in [-0.1, -0.05) is 18.2 Å². The monoisotopic (exact) mass is 246 g/mol. The van der Waals surface area contributed by atoms with Gasteiger partial charge < -0.3 is 10.6 Å². The zero-order chi connectivity index (χ0) is 13.3. The highest BCUT2D eigenvalue weighted by Crippen LogP contribution is 2.26. The zero-order valence-electron chi connectivity index (χ0n) is 11.4. The van der Waals surface area contributed by atoms with Gasteiger partial charge in [-0.15, -0.1) is 0 Å². The molecule has 1 aromatic rings. The van der Waals surface area contributed by atoms with Crippen LogP contribution in [0.25, 0.3) is 0 Å². The van der Waals surface area contributed by atoms with Crippen LogP contribution in [0.4, 0.5) is 0 Å². The minimum absolute atomic E-state index is 0.161. The van der Waals surface area contributed by atoms with Gasteiger partial charge in [0, 0.05) is 18.2 Å². The highest BCUT2D eigenvalue weighted by Gasteiger charge is 2.32. The van der Waals surface area contributed by atoms with Crippen LogP contribution in [0, 0.1) is 19.8 Å². The van der Waals surface area contributed by atoms with Gasteiger partial charge in [0.15, 0.2) is 0 Å². The third-order valence-electron chi connectivity index (χ3n) is 3.95. The first-order valence-corrected chi connectivity index (χ1v) is 6.61. The van der Waals surface area contributed by atoms with Gasteiger partial charge in [-0.25, -0.2) is 0 Å². The summed E-state index contributed by atoms with van der Waals surface area (Å²) in [5, 5.41) is 0. The van der Waals surface area contributed by atoms with Gasteiger partial charge in [0.2, 0.25) is 0 Å². The quantitative estimate of drug-likeness (QED) is 0.868. The van der Waals surface area contributed by atoms with Gasteiger partial charge in [-0.2, -0.15) is 0 Å². The maximum absolute atomic E-state index is 12.6. The van der Waals surface area contributed by atoms with Crippen LogP contribution < -0.4 is 5.73 Å². The van der Waals surface area contributed by atoms with Crippen molar-refractivity contribution in [3.05, 3.63) is 34.9 Å². The van der Waals surface area contributed by atoms with Gasteiger partial charge in [-0.05, 0) is 50.8 Å². The van der Waals surface area contributed by atoms with Crippen molar-refractivity contribution in [2.24, 2.45) is 11.7 Å². The number of amides is 1. The molecule has 3 nitrogen and oxygen atoms in total. The fourth-order valence-corrected chi connectivity index (χ4v) is 2.89. The molecule has 1 amide bonds. The lowest BCUT2D eigenvalue weighted by molar-refractivity contribution is 0.0742. The maximum Gasteiger partial charge on any atom is 0.254 e. The Morgan fingerprint density at radius 3 is 2.50 bits per heavy atom. The molecular formula is C15H22N2O. The first-order valence-electron chi connectivity index (χ1n) is 6.61. The highest BCUT2D eigenvalue weighted by atomic mass is 16.2. The van der Waals surface area contributed by atoms with Crippen LogP contribution in [0.15, 0.2) is 18.2 Å². The third-order valence-corrected chi connectivity index (χ3v) is 3.95. The van der Waals surface area contributed by atoms with Crippen LogP contribution in [-0.2, 0) is 0 Å². The van der Waals surface area contributed by atoms with Crippen molar-refractivity contribution in [3.8, 4) is 0 Å². The summed E-state index contributed by atoms with van der Waals surface area (Å²) in [4.78, 5) is 14.6. The number of benzene rings is 1. The second kappa shape index (κ2) is 5.11. The molecule has 2 atom stereocenters. The SMILES string of the molecule is Cc1cccc(C)c1C(=O)N1CC(CN)CC1C. The molecule has 1 aromatic carbocycles. The predicted octanol–water partition coefficient (Wildman–Crippen LogP) is 2.11. The first kappa shape index (κ1) is 13.1. The van der Waals surface area contributed by atoms with Crippen LogP contribution in [0.5, 0.6) is 0 Å². The van der Waals surface area contributed by atoms with E-state index in [9.17, 15) is 4.79 Å². The summed E-state index contributed by atoms with van der Waals surface area (Å²) in [5.41, 5.74) is 8.70. The van der Waals surface area contributed by atoms with E-state index in [1.807, 2.05) is 36.9 Å². The minimum atomic E-state index is 0.161. The normalized spacial score (nSPS) is 23.4. The number of hydrogen-bond donors (Lipinski definition) is 1. The van der Waals surface area contributed by atoms with Gasteiger partial charge in [-0.3, -0.25) is 4.79 Å². The molecule has 3 heteroatoms. The Hall–Kier alpha value is -1.35. The molecule has 0 radical (unpaired) electrons. The largest absolute Gasteiger partial charge is 0.336 e. The molecule has 1 saturated heterocycles. The van der Waals surface area contributed by atoms with E-state index in [0.717, 1.165) is 29.7 Å². The van der Waals surface area contributed by atoms with Crippen molar-refractivity contribution in [2.45, 2.75) is 33.2 Å². The molecule has 0 spiro atoms. The Balaban J connectivity index is 2.27. The standard InChI is InChI=1S/C15H22N2O/c1-10-5-4-6-11(2)14(10)15(18)17-9-13(8-16)7-12(17)3/h4-6,12-13H,7-9,16H2,1-3H3. The Morgan fingerprint density at radius 1 is 1.39 bits per heavy atom. The Labute approximate surface area is 109 Å². The summed E-state index contributed by atoms with van der Waals surface area (Å²) in [5.74, 6) is 0.613. The maximum atomic E-state index is 12.6. The molecule has 1 fully saturated rings. The van der Waals surface area contributed by atoms with E-state index in [4.69, 9.17) is 5.73 Å². The number of rotatable bonds is 2. The molecule has 0 saturated carbocycles. The molecule has 98 valence electrons. The molecule has 0 bridgehead atoms. The van der Waals surface area contributed by atoms with E-state index in [-0.39, 0.29) is 5.91 Å². The molecule has 2 rings (SSSR count).